The van der Waals surface area contributed by atoms with E-state index in [2.05, 4.69) is 5.32 Å². The molecule has 0 bridgehead atoms. The highest BCUT2D eigenvalue weighted by Crippen LogP contribution is 2.34. The van der Waals surface area contributed by atoms with Gasteiger partial charge in [-0.3, -0.25) is 9.00 Å². The molecular weight excluding hydrogens is 280 g/mol. The fourth-order valence-corrected chi connectivity index (χ4v) is 2.73. The zero-order chi connectivity index (χ0) is 15.3. The van der Waals surface area contributed by atoms with E-state index in [0.29, 0.717) is 25.4 Å². The summed E-state index contributed by atoms with van der Waals surface area (Å²) in [5, 5.41) is 12.0. The van der Waals surface area contributed by atoms with Crippen LogP contribution in [0.5, 0.6) is 0 Å². The summed E-state index contributed by atoms with van der Waals surface area (Å²) in [5.74, 6) is -0.435. The molecule has 20 heavy (non-hydrogen) atoms. The molecule has 0 aliphatic carbocycles. The van der Waals surface area contributed by atoms with Crippen molar-refractivity contribution in [1.82, 2.24) is 10.2 Å². The van der Waals surface area contributed by atoms with Crippen LogP contribution in [0.1, 0.15) is 26.7 Å². The smallest absolute Gasteiger partial charge is 0.317 e. The topological polar surface area (TPSA) is 86.7 Å². The molecule has 116 valence electrons. The molecule has 7 heteroatoms. The lowest BCUT2D eigenvalue weighted by molar-refractivity contribution is -0.151. The lowest BCUT2D eigenvalue weighted by Crippen LogP contribution is -2.50. The molecule has 1 aliphatic rings. The van der Waals surface area contributed by atoms with Crippen LogP contribution in [0.25, 0.3) is 0 Å². The van der Waals surface area contributed by atoms with Crippen LogP contribution < -0.4 is 5.32 Å². The first-order valence-corrected chi connectivity index (χ1v) is 8.54. The molecule has 0 aromatic carbocycles. The van der Waals surface area contributed by atoms with Crippen molar-refractivity contribution in [2.45, 2.75) is 26.7 Å². The third-order valence-corrected chi connectivity index (χ3v) is 4.73. The van der Waals surface area contributed by atoms with Crippen molar-refractivity contribution < 1.29 is 18.9 Å². The summed E-state index contributed by atoms with van der Waals surface area (Å²) in [7, 11) is -0.925. The molecule has 0 aromatic rings. The van der Waals surface area contributed by atoms with Gasteiger partial charge >= 0.3 is 12.0 Å². The van der Waals surface area contributed by atoms with Gasteiger partial charge in [0.25, 0.3) is 0 Å². The Bertz CT molecular complexity index is 398. The minimum atomic E-state index is -0.925. The van der Waals surface area contributed by atoms with Gasteiger partial charge in [-0.15, -0.1) is 0 Å². The molecule has 2 unspecified atom stereocenters. The molecule has 2 N–H and O–H groups in total. The van der Waals surface area contributed by atoms with Gasteiger partial charge in [-0.1, -0.05) is 0 Å². The summed E-state index contributed by atoms with van der Waals surface area (Å²) in [5.41, 5.74) is -0.829. The van der Waals surface area contributed by atoms with Crippen LogP contribution in [0.15, 0.2) is 0 Å². The number of rotatable bonds is 5. The molecule has 0 radical (unpaired) electrons. The van der Waals surface area contributed by atoms with E-state index in [9.17, 15) is 18.9 Å². The van der Waals surface area contributed by atoms with Crippen LogP contribution in [0.3, 0.4) is 0 Å². The number of nitrogens with zero attached hydrogens (tertiary/aromatic N) is 1. The highest BCUT2D eigenvalue weighted by Gasteiger charge is 2.39. The quantitative estimate of drug-likeness (QED) is 0.790. The van der Waals surface area contributed by atoms with E-state index in [-0.39, 0.29) is 11.9 Å². The summed E-state index contributed by atoms with van der Waals surface area (Å²) in [4.78, 5) is 24.9. The minimum absolute atomic E-state index is 0.0418. The van der Waals surface area contributed by atoms with Crippen LogP contribution in [-0.2, 0) is 15.6 Å². The fourth-order valence-electron chi connectivity index (χ4n) is 2.34. The maximum Gasteiger partial charge on any atom is 0.317 e. The van der Waals surface area contributed by atoms with Gasteiger partial charge in [0.15, 0.2) is 0 Å². The van der Waals surface area contributed by atoms with Gasteiger partial charge in [-0.2, -0.15) is 0 Å². The number of likely N-dealkylation sites (tertiary alicyclic amines) is 1. The zero-order valence-electron chi connectivity index (χ0n) is 12.3. The van der Waals surface area contributed by atoms with Crippen LogP contribution >= 0.6 is 0 Å². The zero-order valence-corrected chi connectivity index (χ0v) is 13.2. The van der Waals surface area contributed by atoms with Gasteiger partial charge in [-0.05, 0) is 32.6 Å². The van der Waals surface area contributed by atoms with Crippen molar-refractivity contribution >= 4 is 22.8 Å². The van der Waals surface area contributed by atoms with Gasteiger partial charge in [0, 0.05) is 42.4 Å². The molecule has 0 aromatic heterocycles. The average molecular weight is 304 g/mol. The van der Waals surface area contributed by atoms with Crippen molar-refractivity contribution in [2.24, 2.45) is 11.3 Å². The second-order valence-electron chi connectivity index (χ2n) is 5.82. The Hall–Kier alpha value is -1.11. The predicted octanol–water partition coefficient (Wildman–Crippen LogP) is 0.897. The lowest BCUT2D eigenvalue weighted by Gasteiger charge is -2.39. The number of hydrogen-bond acceptors (Lipinski definition) is 3. The van der Waals surface area contributed by atoms with E-state index in [1.807, 2.05) is 0 Å². The van der Waals surface area contributed by atoms with Gasteiger partial charge < -0.3 is 15.3 Å². The second kappa shape index (κ2) is 7.06. The number of hydrogen-bond donors (Lipinski definition) is 2. The Morgan fingerprint density at radius 3 is 2.65 bits per heavy atom. The third-order valence-electron chi connectivity index (χ3n) is 3.95. The standard InChI is InChI=1S/C13H24N2O4S/c1-13(2,11(16)17)10-5-4-7-15(9-10)12(18)14-6-8-20(3)19/h10H,4-9H2,1-3H3,(H,14,18)(H,16,17). The number of piperidine rings is 1. The van der Waals surface area contributed by atoms with Gasteiger partial charge in [0.1, 0.15) is 0 Å². The summed E-state index contributed by atoms with van der Waals surface area (Å²) < 4.78 is 10.9. The average Bonchev–Trinajstić information content (AvgIpc) is 2.38. The van der Waals surface area contributed by atoms with E-state index in [0.717, 1.165) is 12.8 Å². The Morgan fingerprint density at radius 1 is 1.45 bits per heavy atom. The van der Waals surface area contributed by atoms with Crippen molar-refractivity contribution in [2.75, 3.05) is 31.6 Å². The largest absolute Gasteiger partial charge is 0.481 e. The second-order valence-corrected chi connectivity index (χ2v) is 7.38. The number of carbonyl (C=O) groups excluding carboxylic acids is 1. The van der Waals surface area contributed by atoms with Crippen molar-refractivity contribution in [1.29, 1.82) is 0 Å². The first kappa shape index (κ1) is 16.9. The molecule has 1 aliphatic heterocycles. The molecule has 1 rings (SSSR count). The molecule has 1 fully saturated rings. The van der Waals surface area contributed by atoms with Crippen LogP contribution in [0.2, 0.25) is 0 Å². The van der Waals surface area contributed by atoms with E-state index in [1.165, 1.54) is 0 Å². The van der Waals surface area contributed by atoms with Crippen molar-refractivity contribution in [3.05, 3.63) is 0 Å². The molecule has 2 amide bonds. The molecule has 2 atom stereocenters. The van der Waals surface area contributed by atoms with Crippen molar-refractivity contribution in [3.8, 4) is 0 Å². The lowest BCUT2D eigenvalue weighted by atomic mass is 9.74. The molecule has 1 saturated heterocycles. The summed E-state index contributed by atoms with van der Waals surface area (Å²) in [6, 6.07) is -0.193. The number of carboxylic acids is 1. The van der Waals surface area contributed by atoms with E-state index >= 15 is 0 Å². The Morgan fingerprint density at radius 2 is 2.10 bits per heavy atom. The number of carbonyl (C=O) groups is 2. The number of carboxylic acid groups (broad SMARTS) is 1. The first-order chi connectivity index (χ1) is 9.25. The van der Waals surface area contributed by atoms with Gasteiger partial charge in [-0.25, -0.2) is 4.79 Å². The molecule has 0 spiro atoms. The number of aliphatic carboxylic acids is 1. The minimum Gasteiger partial charge on any atom is -0.481 e. The van der Waals surface area contributed by atoms with E-state index in [4.69, 9.17) is 0 Å². The van der Waals surface area contributed by atoms with E-state index in [1.54, 1.807) is 25.0 Å². The number of urea groups is 1. The fraction of sp³-hybridized carbons (Fsp3) is 0.846. The summed E-state index contributed by atoms with van der Waals surface area (Å²) >= 11 is 0. The predicted molar refractivity (Wildman–Crippen MR) is 78.0 cm³/mol. The molecular formula is C13H24N2O4S. The normalized spacial score (nSPS) is 21.4. The van der Waals surface area contributed by atoms with Gasteiger partial charge in [0.05, 0.1) is 5.41 Å². The molecule has 6 nitrogen and oxygen atoms in total. The number of nitrogens with one attached hydrogen (secondary N) is 1. The Balaban J connectivity index is 2.54. The maximum absolute atomic E-state index is 12.0. The van der Waals surface area contributed by atoms with Crippen LogP contribution in [0, 0.1) is 11.3 Å². The first-order valence-electron chi connectivity index (χ1n) is 6.81. The summed E-state index contributed by atoms with van der Waals surface area (Å²) in [6.45, 7) is 4.91. The van der Waals surface area contributed by atoms with E-state index < -0.39 is 22.2 Å². The third kappa shape index (κ3) is 4.47. The Labute approximate surface area is 122 Å². The van der Waals surface area contributed by atoms with Crippen molar-refractivity contribution in [3.63, 3.8) is 0 Å². The van der Waals surface area contributed by atoms with Crippen LogP contribution in [-0.4, -0.2) is 57.9 Å². The van der Waals surface area contributed by atoms with Crippen LogP contribution in [0.4, 0.5) is 4.79 Å². The summed E-state index contributed by atoms with van der Waals surface area (Å²) in [6.07, 6.45) is 3.23. The SMILES string of the molecule is CS(=O)CCNC(=O)N1CCCC(C(C)(C)C(=O)O)C1. The Kier molecular flexibility index (Phi) is 5.98. The maximum atomic E-state index is 12.0. The highest BCUT2D eigenvalue weighted by molar-refractivity contribution is 7.84. The highest BCUT2D eigenvalue weighted by atomic mass is 32.2. The number of amides is 2. The molecule has 1 heterocycles. The monoisotopic (exact) mass is 304 g/mol. The molecule has 0 saturated carbocycles. The van der Waals surface area contributed by atoms with Gasteiger partial charge in [0.2, 0.25) is 0 Å².